The molecule has 5 nitrogen and oxygen atoms in total. The average Bonchev–Trinajstić information content (AvgIpc) is 2.59. The molecule has 1 aliphatic rings. The van der Waals surface area contributed by atoms with E-state index in [9.17, 15) is 14.5 Å². The van der Waals surface area contributed by atoms with Crippen LogP contribution in [0.25, 0.3) is 0 Å². The van der Waals surface area contributed by atoms with Crippen LogP contribution in [-0.4, -0.2) is 29.0 Å². The smallest absolute Gasteiger partial charge is 0.295 e. The summed E-state index contributed by atoms with van der Waals surface area (Å²) in [6.45, 7) is 2.66. The van der Waals surface area contributed by atoms with Crippen LogP contribution in [0.15, 0.2) is 48.5 Å². The van der Waals surface area contributed by atoms with E-state index in [1.165, 1.54) is 23.8 Å². The molecule has 0 aliphatic carbocycles. The minimum absolute atomic E-state index is 0.00371. The maximum absolute atomic E-state index is 14.0. The van der Waals surface area contributed by atoms with Crippen molar-refractivity contribution >= 4 is 11.4 Å². The van der Waals surface area contributed by atoms with Crippen molar-refractivity contribution in [2.24, 2.45) is 0 Å². The third kappa shape index (κ3) is 3.89. The molecule has 0 aromatic heterocycles. The van der Waals surface area contributed by atoms with Crippen molar-refractivity contribution in [2.75, 3.05) is 18.4 Å². The van der Waals surface area contributed by atoms with Gasteiger partial charge in [-0.25, -0.2) is 4.39 Å². The summed E-state index contributed by atoms with van der Waals surface area (Å²) in [7, 11) is 0. The van der Waals surface area contributed by atoms with Crippen LogP contribution < -0.4 is 5.32 Å². The van der Waals surface area contributed by atoms with Gasteiger partial charge in [0, 0.05) is 31.7 Å². The summed E-state index contributed by atoms with van der Waals surface area (Å²) in [6.07, 6.45) is 1.66. The minimum atomic E-state index is -0.573. The van der Waals surface area contributed by atoms with E-state index in [1.807, 2.05) is 18.2 Å². The topological polar surface area (TPSA) is 58.4 Å². The van der Waals surface area contributed by atoms with Crippen LogP contribution in [-0.2, 0) is 6.54 Å². The number of halogens is 1. The lowest BCUT2D eigenvalue weighted by Gasteiger charge is -2.32. The number of benzene rings is 2. The number of nitrogens with one attached hydrogen (secondary N) is 1. The Bertz CT molecular complexity index is 701. The molecule has 24 heavy (non-hydrogen) atoms. The van der Waals surface area contributed by atoms with Gasteiger partial charge in [-0.1, -0.05) is 36.4 Å². The first kappa shape index (κ1) is 16.4. The number of nitro groups is 1. The van der Waals surface area contributed by atoms with E-state index in [0.717, 1.165) is 32.5 Å². The first-order valence-electron chi connectivity index (χ1n) is 8.09. The first-order valence-corrected chi connectivity index (χ1v) is 8.09. The lowest BCUT2D eigenvalue weighted by atomic mass is 10.0. The molecular weight excluding hydrogens is 309 g/mol. The number of hydrogen-bond donors (Lipinski definition) is 1. The number of likely N-dealkylation sites (tertiary alicyclic amines) is 1. The van der Waals surface area contributed by atoms with Gasteiger partial charge in [0.15, 0.2) is 5.82 Å². The van der Waals surface area contributed by atoms with Crippen LogP contribution in [0.4, 0.5) is 15.8 Å². The highest BCUT2D eigenvalue weighted by molar-refractivity contribution is 5.62. The van der Waals surface area contributed by atoms with E-state index in [2.05, 4.69) is 22.3 Å². The highest BCUT2D eigenvalue weighted by Crippen LogP contribution is 2.29. The molecule has 0 bridgehead atoms. The minimum Gasteiger partial charge on any atom is -0.374 e. The van der Waals surface area contributed by atoms with Crippen LogP contribution >= 0.6 is 0 Å². The van der Waals surface area contributed by atoms with E-state index >= 15 is 0 Å². The summed E-state index contributed by atoms with van der Waals surface area (Å²) in [5, 5.41) is 14.1. The van der Waals surface area contributed by atoms with E-state index in [4.69, 9.17) is 0 Å². The Balaban J connectivity index is 1.59. The Kier molecular flexibility index (Phi) is 5.05. The monoisotopic (exact) mass is 329 g/mol. The van der Waals surface area contributed by atoms with Gasteiger partial charge in [0.2, 0.25) is 0 Å². The summed E-state index contributed by atoms with van der Waals surface area (Å²) < 4.78 is 14.0. The number of anilines is 1. The van der Waals surface area contributed by atoms with Crippen molar-refractivity contribution in [2.45, 2.75) is 25.4 Å². The quantitative estimate of drug-likeness (QED) is 0.669. The molecule has 0 saturated carbocycles. The molecule has 0 spiro atoms. The summed E-state index contributed by atoms with van der Waals surface area (Å²) in [5.41, 5.74) is 1.07. The van der Waals surface area contributed by atoms with Crippen molar-refractivity contribution < 1.29 is 9.31 Å². The van der Waals surface area contributed by atoms with Gasteiger partial charge in [-0.2, -0.15) is 0 Å². The molecule has 126 valence electrons. The third-order valence-electron chi connectivity index (χ3n) is 4.37. The van der Waals surface area contributed by atoms with Crippen molar-refractivity contribution in [3.05, 3.63) is 70.0 Å². The van der Waals surface area contributed by atoms with E-state index < -0.39 is 10.7 Å². The van der Waals surface area contributed by atoms with Crippen LogP contribution in [0, 0.1) is 15.9 Å². The zero-order valence-electron chi connectivity index (χ0n) is 13.3. The highest BCUT2D eigenvalue weighted by atomic mass is 19.1. The molecule has 1 aliphatic heterocycles. The molecule has 0 amide bonds. The summed E-state index contributed by atoms with van der Waals surface area (Å²) in [4.78, 5) is 12.9. The van der Waals surface area contributed by atoms with Gasteiger partial charge >= 0.3 is 0 Å². The van der Waals surface area contributed by atoms with Gasteiger partial charge in [-0.3, -0.25) is 15.0 Å². The molecular formula is C18H20FN3O2. The average molecular weight is 329 g/mol. The molecule has 6 heteroatoms. The van der Waals surface area contributed by atoms with E-state index in [0.29, 0.717) is 0 Å². The number of piperidine rings is 1. The predicted molar refractivity (Wildman–Crippen MR) is 91.4 cm³/mol. The van der Waals surface area contributed by atoms with Crippen LogP contribution in [0.5, 0.6) is 0 Å². The number of hydrogen-bond acceptors (Lipinski definition) is 4. The number of nitrogens with zero attached hydrogens (tertiary/aromatic N) is 2. The second-order valence-electron chi connectivity index (χ2n) is 6.07. The summed E-state index contributed by atoms with van der Waals surface area (Å²) in [5.74, 6) is -0.573. The standard InChI is InChI=1S/C18H20FN3O2/c19-16-7-4-8-17(22(23)24)18(16)20-15-9-11-21(12-10-15)13-14-5-2-1-3-6-14/h1-8,15,20H,9-13H2. The van der Waals surface area contributed by atoms with Crippen LogP contribution in [0.2, 0.25) is 0 Å². The molecule has 1 fully saturated rings. The number of para-hydroxylation sites is 1. The van der Waals surface area contributed by atoms with Gasteiger partial charge in [-0.15, -0.1) is 0 Å². The molecule has 1 N–H and O–H groups in total. The number of rotatable bonds is 5. The molecule has 0 unspecified atom stereocenters. The largest absolute Gasteiger partial charge is 0.374 e. The zero-order chi connectivity index (χ0) is 16.9. The predicted octanol–water partition coefficient (Wildman–Crippen LogP) is 3.81. The van der Waals surface area contributed by atoms with Gasteiger partial charge < -0.3 is 5.32 Å². The van der Waals surface area contributed by atoms with Crippen LogP contribution in [0.3, 0.4) is 0 Å². The van der Waals surface area contributed by atoms with Gasteiger partial charge in [0.25, 0.3) is 5.69 Å². The molecule has 1 saturated heterocycles. The van der Waals surface area contributed by atoms with E-state index in [1.54, 1.807) is 0 Å². The maximum atomic E-state index is 14.0. The second-order valence-corrected chi connectivity index (χ2v) is 6.07. The fourth-order valence-electron chi connectivity index (χ4n) is 3.09. The van der Waals surface area contributed by atoms with E-state index in [-0.39, 0.29) is 17.4 Å². The first-order chi connectivity index (χ1) is 11.6. The molecule has 0 radical (unpaired) electrons. The number of nitro benzene ring substituents is 1. The van der Waals surface area contributed by atoms with Gasteiger partial charge in [0.05, 0.1) is 4.92 Å². The molecule has 2 aromatic rings. The normalized spacial score (nSPS) is 16.0. The lowest BCUT2D eigenvalue weighted by molar-refractivity contribution is -0.384. The fraction of sp³-hybridized carbons (Fsp3) is 0.333. The summed E-state index contributed by atoms with van der Waals surface area (Å²) in [6, 6.07) is 14.3. The van der Waals surface area contributed by atoms with Crippen LogP contribution in [0.1, 0.15) is 18.4 Å². The summed E-state index contributed by atoms with van der Waals surface area (Å²) >= 11 is 0. The zero-order valence-corrected chi connectivity index (χ0v) is 13.3. The SMILES string of the molecule is O=[N+]([O-])c1cccc(F)c1NC1CCN(Cc2ccccc2)CC1. The Morgan fingerprint density at radius 2 is 1.83 bits per heavy atom. The second kappa shape index (κ2) is 7.40. The lowest BCUT2D eigenvalue weighted by Crippen LogP contribution is -2.38. The Morgan fingerprint density at radius 3 is 2.50 bits per heavy atom. The van der Waals surface area contributed by atoms with Crippen molar-refractivity contribution in [1.29, 1.82) is 0 Å². The molecule has 2 aromatic carbocycles. The Morgan fingerprint density at radius 1 is 1.12 bits per heavy atom. The van der Waals surface area contributed by atoms with Gasteiger partial charge in [-0.05, 0) is 24.5 Å². The third-order valence-corrected chi connectivity index (χ3v) is 4.37. The maximum Gasteiger partial charge on any atom is 0.295 e. The Hall–Kier alpha value is -2.47. The Labute approximate surface area is 140 Å². The molecule has 1 heterocycles. The van der Waals surface area contributed by atoms with Crippen molar-refractivity contribution in [3.8, 4) is 0 Å². The molecule has 0 atom stereocenters. The van der Waals surface area contributed by atoms with Crippen molar-refractivity contribution in [1.82, 2.24) is 4.90 Å². The van der Waals surface area contributed by atoms with Crippen molar-refractivity contribution in [3.63, 3.8) is 0 Å². The molecule has 3 rings (SSSR count). The van der Waals surface area contributed by atoms with Gasteiger partial charge in [0.1, 0.15) is 5.69 Å². The fourth-order valence-corrected chi connectivity index (χ4v) is 3.09. The highest BCUT2D eigenvalue weighted by Gasteiger charge is 2.24.